The number of benzene rings is 2. The van der Waals surface area contributed by atoms with Crippen molar-refractivity contribution < 1.29 is 14.5 Å². The lowest BCUT2D eigenvalue weighted by Crippen LogP contribution is -2.06. The number of nitro groups is 1. The number of aromatic nitrogens is 3. The molecule has 0 bridgehead atoms. The molecule has 3 aromatic rings. The van der Waals surface area contributed by atoms with E-state index in [-0.39, 0.29) is 23.7 Å². The quantitative estimate of drug-likeness (QED) is 0.336. The molecule has 0 unspecified atom stereocenters. The van der Waals surface area contributed by atoms with Gasteiger partial charge in [-0.3, -0.25) is 10.1 Å². The molecule has 0 spiro atoms. The first kappa shape index (κ1) is 19.1. The number of H-pyrrole nitrogens is 1. The van der Waals surface area contributed by atoms with Crippen LogP contribution < -0.4 is 0 Å². The lowest BCUT2D eigenvalue weighted by molar-refractivity contribution is -0.387. The highest BCUT2D eigenvalue weighted by Crippen LogP contribution is 2.37. The molecule has 0 aliphatic carbocycles. The first-order valence-electron chi connectivity index (χ1n) is 7.79. The summed E-state index contributed by atoms with van der Waals surface area (Å²) >= 11 is 4.64. The summed E-state index contributed by atoms with van der Waals surface area (Å²) in [6.45, 7) is 1.87. The minimum Gasteiger partial charge on any atom is -0.461 e. The zero-order chi connectivity index (χ0) is 19.4. The Labute approximate surface area is 166 Å². The van der Waals surface area contributed by atoms with Crippen LogP contribution in [0.3, 0.4) is 0 Å². The van der Waals surface area contributed by atoms with Crippen LogP contribution in [-0.2, 0) is 4.74 Å². The molecule has 1 N–H and O–H groups in total. The molecule has 2 aromatic carbocycles. The molecular formula is C17H13BrN4O4S. The van der Waals surface area contributed by atoms with Crippen molar-refractivity contribution in [1.29, 1.82) is 0 Å². The van der Waals surface area contributed by atoms with Crippen LogP contribution in [0.4, 0.5) is 5.69 Å². The number of carbonyl (C=O) groups excluding carboxylic acids is 1. The zero-order valence-corrected chi connectivity index (χ0v) is 16.4. The molecule has 0 saturated carbocycles. The molecule has 3 rings (SSSR count). The Balaban J connectivity index is 1.97. The van der Waals surface area contributed by atoms with Crippen molar-refractivity contribution in [3.63, 3.8) is 0 Å². The molecule has 0 aliphatic heterocycles. The van der Waals surface area contributed by atoms with Gasteiger partial charge in [-0.05, 0) is 37.3 Å². The van der Waals surface area contributed by atoms with Gasteiger partial charge in [-0.25, -0.2) is 4.79 Å². The van der Waals surface area contributed by atoms with E-state index in [1.165, 1.54) is 17.8 Å². The molecule has 138 valence electrons. The fourth-order valence-corrected chi connectivity index (χ4v) is 3.46. The standard InChI is InChI=1S/C17H13BrN4O4S/c1-2-26-17(23)16-15(19-21-20-16)10-3-8-14(13(9-10)22(24)25)27-12-6-4-11(18)5-7-12/h3-9H,2H2,1H3,(H,19,20,21). The van der Waals surface area contributed by atoms with Crippen molar-refractivity contribution in [3.8, 4) is 11.3 Å². The normalized spacial score (nSPS) is 10.6. The highest BCUT2D eigenvalue weighted by Gasteiger charge is 2.23. The number of hydrogen-bond donors (Lipinski definition) is 1. The average Bonchev–Trinajstić information content (AvgIpc) is 3.14. The van der Waals surface area contributed by atoms with Crippen LogP contribution in [0.1, 0.15) is 17.4 Å². The second-order valence-electron chi connectivity index (χ2n) is 5.24. The number of nitrogens with one attached hydrogen (secondary N) is 1. The van der Waals surface area contributed by atoms with Crippen LogP contribution in [0, 0.1) is 10.1 Å². The molecule has 0 amide bonds. The summed E-state index contributed by atoms with van der Waals surface area (Å²) in [5.41, 5.74) is 0.507. The Kier molecular flexibility index (Phi) is 5.87. The van der Waals surface area contributed by atoms with E-state index in [9.17, 15) is 14.9 Å². The second-order valence-corrected chi connectivity index (χ2v) is 7.27. The number of esters is 1. The summed E-state index contributed by atoms with van der Waals surface area (Å²) < 4.78 is 5.86. The minimum atomic E-state index is -0.641. The third kappa shape index (κ3) is 4.34. The van der Waals surface area contributed by atoms with Crippen LogP contribution in [0.15, 0.2) is 56.7 Å². The van der Waals surface area contributed by atoms with Crippen LogP contribution >= 0.6 is 27.7 Å². The summed E-state index contributed by atoms with van der Waals surface area (Å²) in [5.74, 6) is -0.641. The van der Waals surface area contributed by atoms with Gasteiger partial charge in [0.25, 0.3) is 5.69 Å². The molecule has 1 heterocycles. The first-order valence-corrected chi connectivity index (χ1v) is 9.40. The van der Waals surface area contributed by atoms with E-state index >= 15 is 0 Å². The molecule has 8 nitrogen and oxygen atoms in total. The Hall–Kier alpha value is -2.72. The summed E-state index contributed by atoms with van der Waals surface area (Å²) in [6, 6.07) is 12.1. The van der Waals surface area contributed by atoms with Gasteiger partial charge in [-0.2, -0.15) is 10.3 Å². The maximum Gasteiger partial charge on any atom is 0.361 e. The van der Waals surface area contributed by atoms with Gasteiger partial charge in [-0.15, -0.1) is 5.10 Å². The Morgan fingerprint density at radius 3 is 2.67 bits per heavy atom. The van der Waals surface area contributed by atoms with Gasteiger partial charge in [0.05, 0.1) is 16.4 Å². The maximum absolute atomic E-state index is 12.0. The fourth-order valence-electron chi connectivity index (χ4n) is 2.30. The number of rotatable bonds is 6. The Morgan fingerprint density at radius 2 is 2.00 bits per heavy atom. The zero-order valence-electron chi connectivity index (χ0n) is 14.0. The Bertz CT molecular complexity index is 991. The van der Waals surface area contributed by atoms with E-state index in [0.717, 1.165) is 9.37 Å². The first-order chi connectivity index (χ1) is 13.0. The van der Waals surface area contributed by atoms with Gasteiger partial charge >= 0.3 is 5.97 Å². The number of nitrogens with zero attached hydrogens (tertiary/aromatic N) is 3. The van der Waals surface area contributed by atoms with Gasteiger partial charge in [0, 0.05) is 21.0 Å². The van der Waals surface area contributed by atoms with E-state index in [0.29, 0.717) is 10.5 Å². The van der Waals surface area contributed by atoms with Crippen LogP contribution in [0.2, 0.25) is 0 Å². The predicted octanol–water partition coefficient (Wildman–Crippen LogP) is 4.47. The molecule has 0 radical (unpaired) electrons. The molecule has 0 saturated heterocycles. The van der Waals surface area contributed by atoms with Crippen molar-refractivity contribution in [1.82, 2.24) is 15.4 Å². The summed E-state index contributed by atoms with van der Waals surface area (Å²) in [7, 11) is 0. The van der Waals surface area contributed by atoms with Gasteiger partial charge in [0.2, 0.25) is 0 Å². The van der Waals surface area contributed by atoms with Crippen molar-refractivity contribution in [3.05, 3.63) is 62.7 Å². The summed E-state index contributed by atoms with van der Waals surface area (Å²) in [6.07, 6.45) is 0. The van der Waals surface area contributed by atoms with Crippen molar-refractivity contribution in [2.24, 2.45) is 0 Å². The fraction of sp³-hybridized carbons (Fsp3) is 0.118. The van der Waals surface area contributed by atoms with Gasteiger partial charge in [0.1, 0.15) is 5.69 Å². The molecule has 0 fully saturated rings. The van der Waals surface area contributed by atoms with Crippen molar-refractivity contribution >= 4 is 39.3 Å². The van der Waals surface area contributed by atoms with E-state index < -0.39 is 10.9 Å². The van der Waals surface area contributed by atoms with Crippen LogP contribution in [0.25, 0.3) is 11.3 Å². The highest BCUT2D eigenvalue weighted by molar-refractivity contribution is 9.10. The van der Waals surface area contributed by atoms with Gasteiger partial charge in [-0.1, -0.05) is 33.8 Å². The van der Waals surface area contributed by atoms with Crippen LogP contribution in [0.5, 0.6) is 0 Å². The van der Waals surface area contributed by atoms with E-state index in [4.69, 9.17) is 4.74 Å². The SMILES string of the molecule is CCOC(=O)c1n[nH]nc1-c1ccc(Sc2ccc(Br)cc2)c([N+](=O)[O-])c1. The number of aromatic amines is 1. The average molecular weight is 449 g/mol. The third-order valence-corrected chi connectivity index (χ3v) is 5.09. The largest absolute Gasteiger partial charge is 0.461 e. The highest BCUT2D eigenvalue weighted by atomic mass is 79.9. The number of nitro benzene ring substituents is 1. The molecule has 1 aromatic heterocycles. The molecule has 27 heavy (non-hydrogen) atoms. The number of carbonyl (C=O) groups is 1. The lowest BCUT2D eigenvalue weighted by Gasteiger charge is -2.06. The summed E-state index contributed by atoms with van der Waals surface area (Å²) in [4.78, 5) is 24.4. The van der Waals surface area contributed by atoms with E-state index in [1.54, 1.807) is 19.1 Å². The van der Waals surface area contributed by atoms with E-state index in [2.05, 4.69) is 31.3 Å². The van der Waals surface area contributed by atoms with Crippen molar-refractivity contribution in [2.75, 3.05) is 6.61 Å². The van der Waals surface area contributed by atoms with Gasteiger partial charge in [0.15, 0.2) is 5.69 Å². The second kappa shape index (κ2) is 8.31. The monoisotopic (exact) mass is 448 g/mol. The Morgan fingerprint density at radius 1 is 1.26 bits per heavy atom. The molecular weight excluding hydrogens is 436 g/mol. The number of hydrogen-bond acceptors (Lipinski definition) is 7. The maximum atomic E-state index is 12.0. The predicted molar refractivity (Wildman–Crippen MR) is 103 cm³/mol. The number of halogens is 1. The smallest absolute Gasteiger partial charge is 0.361 e. The van der Waals surface area contributed by atoms with Gasteiger partial charge < -0.3 is 4.74 Å². The minimum absolute atomic E-state index is 0.0144. The third-order valence-electron chi connectivity index (χ3n) is 3.49. The molecule has 10 heteroatoms. The lowest BCUT2D eigenvalue weighted by atomic mass is 10.1. The topological polar surface area (TPSA) is 111 Å². The van der Waals surface area contributed by atoms with Crippen molar-refractivity contribution in [2.45, 2.75) is 16.7 Å². The van der Waals surface area contributed by atoms with Crippen LogP contribution in [-0.4, -0.2) is 32.9 Å². The molecule has 0 aliphatic rings. The number of ether oxygens (including phenoxy) is 1. The summed E-state index contributed by atoms with van der Waals surface area (Å²) in [5, 5.41) is 21.7. The molecule has 0 atom stereocenters. The van der Waals surface area contributed by atoms with E-state index in [1.807, 2.05) is 24.3 Å².